The minimum absolute atomic E-state index is 0.240. The summed E-state index contributed by atoms with van der Waals surface area (Å²) in [4.78, 5) is 17.9. The first-order chi connectivity index (χ1) is 8.85. The molecular weight excluding hydrogens is 242 g/mol. The predicted molar refractivity (Wildman–Crippen MR) is 73.6 cm³/mol. The molecule has 0 bridgehead atoms. The summed E-state index contributed by atoms with van der Waals surface area (Å²) < 4.78 is 7.33. The second-order valence-electron chi connectivity index (χ2n) is 5.85. The molecule has 0 aromatic carbocycles. The van der Waals surface area contributed by atoms with E-state index >= 15 is 0 Å². The summed E-state index contributed by atoms with van der Waals surface area (Å²) in [5.74, 6) is 0.918. The molecule has 2 rings (SSSR count). The number of aromatic nitrogens is 2. The van der Waals surface area contributed by atoms with Crippen molar-refractivity contribution in [1.82, 2.24) is 14.5 Å². The van der Waals surface area contributed by atoms with Gasteiger partial charge in [0.1, 0.15) is 11.4 Å². The Bertz CT molecular complexity index is 497. The zero-order valence-corrected chi connectivity index (χ0v) is 12.0. The van der Waals surface area contributed by atoms with E-state index in [9.17, 15) is 4.79 Å². The highest BCUT2D eigenvalue weighted by molar-refractivity contribution is 5.70. The van der Waals surface area contributed by atoms with Crippen LogP contribution in [0, 0.1) is 0 Å². The van der Waals surface area contributed by atoms with Crippen LogP contribution in [-0.2, 0) is 11.8 Å². The number of likely N-dealkylation sites (tertiary alicyclic amines) is 1. The van der Waals surface area contributed by atoms with E-state index in [1.54, 1.807) is 11.1 Å². The molecule has 0 saturated carbocycles. The number of nitrogens with zero attached hydrogens (tertiary/aromatic N) is 3. The molecule has 1 aromatic heterocycles. The lowest BCUT2D eigenvalue weighted by molar-refractivity contribution is 0.0299. The number of hydrogen-bond acceptors (Lipinski definition) is 3. The number of carbonyl (C=O) groups is 1. The Balaban J connectivity index is 1.99. The van der Waals surface area contributed by atoms with E-state index in [1.807, 2.05) is 44.7 Å². The van der Waals surface area contributed by atoms with Crippen molar-refractivity contribution in [2.45, 2.75) is 32.8 Å². The van der Waals surface area contributed by atoms with Crippen LogP contribution in [-0.4, -0.2) is 39.2 Å². The van der Waals surface area contributed by atoms with E-state index in [0.717, 1.165) is 12.2 Å². The van der Waals surface area contributed by atoms with Crippen molar-refractivity contribution >= 4 is 12.2 Å². The third-order valence-electron chi connectivity index (χ3n) is 2.94. The van der Waals surface area contributed by atoms with Crippen LogP contribution in [0.15, 0.2) is 18.0 Å². The fraction of sp³-hybridized carbons (Fsp3) is 0.571. The minimum Gasteiger partial charge on any atom is -0.444 e. The monoisotopic (exact) mass is 263 g/mol. The van der Waals surface area contributed by atoms with Crippen LogP contribution in [0.4, 0.5) is 4.79 Å². The fourth-order valence-electron chi connectivity index (χ4n) is 1.98. The molecule has 0 aliphatic carbocycles. The largest absolute Gasteiger partial charge is 0.444 e. The standard InChI is InChI=1S/C14H21N3O2/c1-14(2,3)19-13(18)17-7-5-11(10-17)9-12-15-6-8-16(12)4/h6,8-9H,5,7,10H2,1-4H3/b11-9+. The average Bonchev–Trinajstić information content (AvgIpc) is 2.87. The van der Waals surface area contributed by atoms with Crippen LogP contribution >= 0.6 is 0 Å². The van der Waals surface area contributed by atoms with E-state index in [-0.39, 0.29) is 6.09 Å². The molecule has 1 aromatic rings. The Morgan fingerprint density at radius 1 is 1.47 bits per heavy atom. The van der Waals surface area contributed by atoms with Gasteiger partial charge in [-0.2, -0.15) is 0 Å². The highest BCUT2D eigenvalue weighted by atomic mass is 16.6. The third kappa shape index (κ3) is 3.59. The van der Waals surface area contributed by atoms with Crippen LogP contribution in [0.2, 0.25) is 0 Å². The molecule has 0 spiro atoms. The van der Waals surface area contributed by atoms with Gasteiger partial charge in [-0.15, -0.1) is 0 Å². The molecule has 19 heavy (non-hydrogen) atoms. The van der Waals surface area contributed by atoms with Gasteiger partial charge in [0.05, 0.1) is 0 Å². The Morgan fingerprint density at radius 2 is 2.21 bits per heavy atom. The smallest absolute Gasteiger partial charge is 0.410 e. The first kappa shape index (κ1) is 13.6. The molecule has 2 heterocycles. The maximum atomic E-state index is 11.9. The summed E-state index contributed by atoms with van der Waals surface area (Å²) in [6.07, 6.45) is 6.37. The first-order valence-electron chi connectivity index (χ1n) is 6.50. The molecule has 1 aliphatic heterocycles. The number of carbonyl (C=O) groups excluding carboxylic acids is 1. The van der Waals surface area contributed by atoms with Crippen molar-refractivity contribution < 1.29 is 9.53 Å². The number of aryl methyl sites for hydroxylation is 1. The van der Waals surface area contributed by atoms with E-state index in [4.69, 9.17) is 4.74 Å². The van der Waals surface area contributed by atoms with Crippen molar-refractivity contribution in [1.29, 1.82) is 0 Å². The van der Waals surface area contributed by atoms with Crippen LogP contribution in [0.3, 0.4) is 0 Å². The molecule has 5 heteroatoms. The highest BCUT2D eigenvalue weighted by Gasteiger charge is 2.26. The van der Waals surface area contributed by atoms with Gasteiger partial charge in [-0.3, -0.25) is 0 Å². The van der Waals surface area contributed by atoms with E-state index < -0.39 is 5.60 Å². The van der Waals surface area contributed by atoms with Gasteiger partial charge in [0.15, 0.2) is 0 Å². The van der Waals surface area contributed by atoms with Crippen LogP contribution in [0.1, 0.15) is 33.0 Å². The van der Waals surface area contributed by atoms with Crippen molar-refractivity contribution in [3.63, 3.8) is 0 Å². The molecule has 0 N–H and O–H groups in total. The van der Waals surface area contributed by atoms with Crippen molar-refractivity contribution in [3.8, 4) is 0 Å². The van der Waals surface area contributed by atoms with Crippen molar-refractivity contribution in [3.05, 3.63) is 23.8 Å². The fourth-order valence-corrected chi connectivity index (χ4v) is 1.98. The SMILES string of the molecule is Cn1ccnc1/C=C1\CCN(C(=O)OC(C)(C)C)C1. The molecule has 1 amide bonds. The van der Waals surface area contributed by atoms with Gasteiger partial charge in [-0.25, -0.2) is 9.78 Å². The highest BCUT2D eigenvalue weighted by Crippen LogP contribution is 2.20. The molecule has 1 saturated heterocycles. The summed E-state index contributed by atoms with van der Waals surface area (Å²) >= 11 is 0. The van der Waals surface area contributed by atoms with Crippen molar-refractivity contribution in [2.75, 3.05) is 13.1 Å². The average molecular weight is 263 g/mol. The second-order valence-corrected chi connectivity index (χ2v) is 5.85. The third-order valence-corrected chi connectivity index (χ3v) is 2.94. The van der Waals surface area contributed by atoms with Crippen LogP contribution in [0.25, 0.3) is 6.08 Å². The topological polar surface area (TPSA) is 47.4 Å². The Hall–Kier alpha value is -1.78. The zero-order valence-electron chi connectivity index (χ0n) is 12.0. The van der Waals surface area contributed by atoms with Gasteiger partial charge in [0, 0.05) is 32.5 Å². The van der Waals surface area contributed by atoms with Gasteiger partial charge in [0.2, 0.25) is 0 Å². The molecule has 0 unspecified atom stereocenters. The van der Waals surface area contributed by atoms with Gasteiger partial charge in [0.25, 0.3) is 0 Å². The molecule has 104 valence electrons. The molecule has 1 fully saturated rings. The number of rotatable bonds is 1. The summed E-state index contributed by atoms with van der Waals surface area (Å²) in [6, 6.07) is 0. The quantitative estimate of drug-likeness (QED) is 0.782. The Labute approximate surface area is 113 Å². The molecule has 5 nitrogen and oxygen atoms in total. The Kier molecular flexibility index (Phi) is 3.64. The van der Waals surface area contributed by atoms with Gasteiger partial charge >= 0.3 is 6.09 Å². The summed E-state index contributed by atoms with van der Waals surface area (Å²) in [7, 11) is 1.96. The van der Waals surface area contributed by atoms with Crippen LogP contribution in [0.5, 0.6) is 0 Å². The zero-order chi connectivity index (χ0) is 14.0. The van der Waals surface area contributed by atoms with E-state index in [2.05, 4.69) is 4.98 Å². The van der Waals surface area contributed by atoms with Gasteiger partial charge < -0.3 is 14.2 Å². The summed E-state index contributed by atoms with van der Waals surface area (Å²) in [5, 5.41) is 0. The first-order valence-corrected chi connectivity index (χ1v) is 6.50. The van der Waals surface area contributed by atoms with Gasteiger partial charge in [-0.05, 0) is 38.8 Å². The second kappa shape index (κ2) is 5.07. The van der Waals surface area contributed by atoms with Gasteiger partial charge in [-0.1, -0.05) is 0 Å². The summed E-state index contributed by atoms with van der Waals surface area (Å²) in [6.45, 7) is 6.98. The van der Waals surface area contributed by atoms with Crippen LogP contribution < -0.4 is 0 Å². The van der Waals surface area contributed by atoms with E-state index in [1.165, 1.54) is 5.57 Å². The maximum Gasteiger partial charge on any atom is 0.410 e. The lowest BCUT2D eigenvalue weighted by atomic mass is 10.2. The molecular formula is C14H21N3O2. The number of ether oxygens (including phenoxy) is 1. The normalized spacial score (nSPS) is 18.1. The maximum absolute atomic E-state index is 11.9. The minimum atomic E-state index is -0.441. The summed E-state index contributed by atoms with van der Waals surface area (Å²) in [5.41, 5.74) is 0.767. The lowest BCUT2D eigenvalue weighted by Gasteiger charge is -2.23. The Morgan fingerprint density at radius 3 is 2.79 bits per heavy atom. The van der Waals surface area contributed by atoms with Crippen molar-refractivity contribution in [2.24, 2.45) is 7.05 Å². The molecule has 1 aliphatic rings. The number of hydrogen-bond donors (Lipinski definition) is 0. The molecule has 0 radical (unpaired) electrons. The number of amides is 1. The van der Waals surface area contributed by atoms with E-state index in [0.29, 0.717) is 13.1 Å². The molecule has 0 atom stereocenters. The number of imidazole rings is 1. The predicted octanol–water partition coefficient (Wildman–Crippen LogP) is 2.44. The lowest BCUT2D eigenvalue weighted by Crippen LogP contribution is -2.34.